The number of primary amides is 1. The second kappa shape index (κ2) is 5.11. The first kappa shape index (κ1) is 13.7. The van der Waals surface area contributed by atoms with E-state index in [-0.39, 0.29) is 6.54 Å². The molecule has 3 nitrogen and oxygen atoms in total. The fraction of sp³-hybridized carbons (Fsp3) is 0.462. The number of nitrogens with zero attached hydrogens (tertiary/aromatic N) is 1. The third kappa shape index (κ3) is 3.39. The Hall–Kier alpha value is -1.72. The van der Waals surface area contributed by atoms with Gasteiger partial charge in [0.2, 0.25) is 5.91 Å². The fourth-order valence-electron chi connectivity index (χ4n) is 2.55. The first-order valence-electron chi connectivity index (χ1n) is 6.06. The summed E-state index contributed by atoms with van der Waals surface area (Å²) in [6.07, 6.45) is -4.62. The van der Waals surface area contributed by atoms with Crippen LogP contribution in [0.1, 0.15) is 24.3 Å². The maximum atomic E-state index is 12.6. The first-order chi connectivity index (χ1) is 8.87. The van der Waals surface area contributed by atoms with Gasteiger partial charge in [-0.25, -0.2) is 0 Å². The maximum Gasteiger partial charge on any atom is 0.389 e. The van der Waals surface area contributed by atoms with Gasteiger partial charge in [0.1, 0.15) is 0 Å². The predicted octanol–water partition coefficient (Wildman–Crippen LogP) is 2.42. The van der Waals surface area contributed by atoms with E-state index < -0.39 is 24.4 Å². The lowest BCUT2D eigenvalue weighted by Crippen LogP contribution is -2.38. The minimum absolute atomic E-state index is 0.0375. The molecule has 0 aliphatic carbocycles. The molecule has 1 aromatic rings. The summed E-state index contributed by atoms with van der Waals surface area (Å²) in [5, 5.41) is 0. The van der Waals surface area contributed by atoms with E-state index in [1.165, 1.54) is 0 Å². The number of benzene rings is 1. The number of anilines is 1. The van der Waals surface area contributed by atoms with Gasteiger partial charge in [-0.2, -0.15) is 13.2 Å². The van der Waals surface area contributed by atoms with E-state index in [9.17, 15) is 18.0 Å². The monoisotopic (exact) mass is 272 g/mol. The smallest absolute Gasteiger partial charge is 0.368 e. The van der Waals surface area contributed by atoms with E-state index >= 15 is 0 Å². The summed E-state index contributed by atoms with van der Waals surface area (Å²) in [6.45, 7) is 0.455. The van der Waals surface area contributed by atoms with Crippen LogP contribution in [0.15, 0.2) is 24.3 Å². The summed E-state index contributed by atoms with van der Waals surface area (Å²) in [5.74, 6) is -1.02. The van der Waals surface area contributed by atoms with Crippen molar-refractivity contribution in [1.29, 1.82) is 0 Å². The van der Waals surface area contributed by atoms with Crippen molar-refractivity contribution in [2.24, 2.45) is 5.73 Å². The molecule has 2 rings (SSSR count). The molecule has 104 valence electrons. The molecule has 1 amide bonds. The number of carbonyl (C=O) groups is 1. The zero-order chi connectivity index (χ0) is 14.0. The predicted molar refractivity (Wildman–Crippen MR) is 65.9 cm³/mol. The molecule has 0 radical (unpaired) electrons. The van der Waals surface area contributed by atoms with Crippen molar-refractivity contribution in [3.63, 3.8) is 0 Å². The van der Waals surface area contributed by atoms with Crippen LogP contribution in [0.3, 0.4) is 0 Å². The van der Waals surface area contributed by atoms with Gasteiger partial charge in [-0.1, -0.05) is 18.2 Å². The number of fused-ring (bicyclic) bond motifs is 1. The lowest BCUT2D eigenvalue weighted by atomic mass is 9.87. The van der Waals surface area contributed by atoms with Crippen LogP contribution in [0.4, 0.5) is 18.9 Å². The van der Waals surface area contributed by atoms with E-state index in [1.807, 2.05) is 0 Å². The van der Waals surface area contributed by atoms with Gasteiger partial charge < -0.3 is 10.6 Å². The van der Waals surface area contributed by atoms with E-state index in [0.717, 1.165) is 0 Å². The highest BCUT2D eigenvalue weighted by molar-refractivity contribution is 5.80. The Kier molecular flexibility index (Phi) is 3.68. The van der Waals surface area contributed by atoms with Gasteiger partial charge in [-0.05, 0) is 24.0 Å². The summed E-state index contributed by atoms with van der Waals surface area (Å²) in [5.41, 5.74) is 6.48. The molecule has 1 aliphatic heterocycles. The van der Waals surface area contributed by atoms with Gasteiger partial charge in [0.25, 0.3) is 0 Å². The molecule has 0 fully saturated rings. The van der Waals surface area contributed by atoms with Crippen molar-refractivity contribution < 1.29 is 18.0 Å². The standard InChI is InChI=1S/C13H15F3N2O/c14-13(15,16)7-9-5-6-18(8-12(17)19)11-4-2-1-3-10(9)11/h1-4,9H,5-8H2,(H2,17,19)/t9-/m0/s1. The molecule has 1 aliphatic rings. The third-order valence-electron chi connectivity index (χ3n) is 3.29. The highest BCUT2D eigenvalue weighted by Crippen LogP contribution is 2.41. The molecule has 1 aromatic carbocycles. The Bertz CT molecular complexity index is 473. The molecule has 6 heteroatoms. The number of amides is 1. The normalized spacial score (nSPS) is 19.1. The molecule has 0 saturated heterocycles. The summed E-state index contributed by atoms with van der Waals surface area (Å²) in [7, 11) is 0. The van der Waals surface area contributed by atoms with Crippen molar-refractivity contribution in [3.8, 4) is 0 Å². The molecule has 0 bridgehead atoms. The lowest BCUT2D eigenvalue weighted by molar-refractivity contribution is -0.139. The van der Waals surface area contributed by atoms with E-state index in [1.54, 1.807) is 29.2 Å². The number of alkyl halides is 3. The summed E-state index contributed by atoms with van der Waals surface area (Å²) >= 11 is 0. The Morgan fingerprint density at radius 3 is 2.68 bits per heavy atom. The van der Waals surface area contributed by atoms with Crippen LogP contribution in [0, 0.1) is 0 Å². The SMILES string of the molecule is NC(=O)CN1CC[C@@H](CC(F)(F)F)c2ccccc21. The van der Waals surface area contributed by atoms with Gasteiger partial charge in [-0.15, -0.1) is 0 Å². The molecule has 2 N–H and O–H groups in total. The number of hydrogen-bond donors (Lipinski definition) is 1. The topological polar surface area (TPSA) is 46.3 Å². The van der Waals surface area contributed by atoms with E-state index in [4.69, 9.17) is 5.73 Å². The van der Waals surface area contributed by atoms with E-state index in [0.29, 0.717) is 24.2 Å². The van der Waals surface area contributed by atoms with Gasteiger partial charge in [0.05, 0.1) is 13.0 Å². The highest BCUT2D eigenvalue weighted by Gasteiger charge is 2.36. The molecular weight excluding hydrogens is 257 g/mol. The first-order valence-corrected chi connectivity index (χ1v) is 6.06. The number of carbonyl (C=O) groups excluding carboxylic acids is 1. The van der Waals surface area contributed by atoms with Crippen molar-refractivity contribution in [2.45, 2.75) is 24.9 Å². The largest absolute Gasteiger partial charge is 0.389 e. The Balaban J connectivity index is 2.26. The molecular formula is C13H15F3N2O. The van der Waals surface area contributed by atoms with Crippen molar-refractivity contribution in [1.82, 2.24) is 0 Å². The summed E-state index contributed by atoms with van der Waals surface area (Å²) < 4.78 is 37.7. The van der Waals surface area contributed by atoms with Gasteiger partial charge in [0.15, 0.2) is 0 Å². The molecule has 0 unspecified atom stereocenters. The molecule has 0 aromatic heterocycles. The van der Waals surface area contributed by atoms with Gasteiger partial charge >= 0.3 is 6.18 Å². The highest BCUT2D eigenvalue weighted by atomic mass is 19.4. The van der Waals surface area contributed by atoms with Crippen molar-refractivity contribution in [2.75, 3.05) is 18.0 Å². The van der Waals surface area contributed by atoms with Crippen LogP contribution in [-0.4, -0.2) is 25.2 Å². The van der Waals surface area contributed by atoms with Crippen molar-refractivity contribution >= 4 is 11.6 Å². The van der Waals surface area contributed by atoms with Crippen LogP contribution in [-0.2, 0) is 4.79 Å². The zero-order valence-electron chi connectivity index (χ0n) is 10.3. The Morgan fingerprint density at radius 1 is 1.37 bits per heavy atom. The number of rotatable bonds is 3. The number of hydrogen-bond acceptors (Lipinski definition) is 2. The Morgan fingerprint density at radius 2 is 2.05 bits per heavy atom. The average molecular weight is 272 g/mol. The minimum Gasteiger partial charge on any atom is -0.368 e. The molecule has 1 atom stereocenters. The van der Waals surface area contributed by atoms with Crippen LogP contribution in [0.25, 0.3) is 0 Å². The van der Waals surface area contributed by atoms with Gasteiger partial charge in [-0.3, -0.25) is 4.79 Å². The zero-order valence-corrected chi connectivity index (χ0v) is 10.3. The number of nitrogens with two attached hydrogens (primary N) is 1. The fourth-order valence-corrected chi connectivity index (χ4v) is 2.55. The third-order valence-corrected chi connectivity index (χ3v) is 3.29. The summed E-state index contributed by atoms with van der Waals surface area (Å²) in [6, 6.07) is 6.90. The molecule has 0 spiro atoms. The van der Waals surface area contributed by atoms with Crippen molar-refractivity contribution in [3.05, 3.63) is 29.8 Å². The number of para-hydroxylation sites is 1. The van der Waals surface area contributed by atoms with Crippen LogP contribution in [0.5, 0.6) is 0 Å². The van der Waals surface area contributed by atoms with Crippen LogP contribution >= 0.6 is 0 Å². The molecule has 19 heavy (non-hydrogen) atoms. The summed E-state index contributed by atoms with van der Waals surface area (Å²) in [4.78, 5) is 12.7. The van der Waals surface area contributed by atoms with E-state index in [2.05, 4.69) is 0 Å². The van der Waals surface area contributed by atoms with Crippen LogP contribution in [0.2, 0.25) is 0 Å². The number of halogens is 3. The second-order valence-corrected chi connectivity index (χ2v) is 4.75. The molecule has 0 saturated carbocycles. The second-order valence-electron chi connectivity index (χ2n) is 4.75. The minimum atomic E-state index is -4.18. The quantitative estimate of drug-likeness (QED) is 0.918. The average Bonchev–Trinajstić information content (AvgIpc) is 2.30. The van der Waals surface area contributed by atoms with Crippen LogP contribution < -0.4 is 10.6 Å². The Labute approximate surface area is 109 Å². The molecule has 1 heterocycles. The van der Waals surface area contributed by atoms with Gasteiger partial charge in [0, 0.05) is 12.2 Å². The maximum absolute atomic E-state index is 12.6. The lowest BCUT2D eigenvalue weighted by Gasteiger charge is -2.35.